The van der Waals surface area contributed by atoms with E-state index in [1.807, 2.05) is 0 Å². The third kappa shape index (κ3) is 1.91. The molecular formula is C10H19N3. The number of nitrogens with zero attached hydrogens (tertiary/aromatic N) is 1. The molecule has 1 aromatic rings. The van der Waals surface area contributed by atoms with E-state index in [2.05, 4.69) is 37.9 Å². The number of aromatic nitrogens is 2. The summed E-state index contributed by atoms with van der Waals surface area (Å²) in [6, 6.07) is 0. The number of nitrogens with two attached hydrogens (primary N) is 1. The average molecular weight is 181 g/mol. The normalized spacial score (nSPS) is 11.6. The Kier molecular flexibility index (Phi) is 3.09. The molecule has 0 spiro atoms. The molecule has 3 heteroatoms. The molecule has 3 nitrogen and oxygen atoms in total. The van der Waals surface area contributed by atoms with Crippen molar-refractivity contribution in [2.75, 3.05) is 0 Å². The van der Waals surface area contributed by atoms with Gasteiger partial charge in [0, 0.05) is 17.8 Å². The highest BCUT2D eigenvalue weighted by molar-refractivity contribution is 5.29. The molecule has 0 radical (unpaired) electrons. The van der Waals surface area contributed by atoms with Gasteiger partial charge in [0.2, 0.25) is 0 Å². The summed E-state index contributed by atoms with van der Waals surface area (Å²) in [7, 11) is 0. The largest absolute Gasteiger partial charge is 0.326 e. The van der Waals surface area contributed by atoms with Gasteiger partial charge in [-0.3, -0.25) is 5.10 Å². The SMILES string of the molecule is CC(C)c1n[nH]c(C(C)C)c1CN. The summed E-state index contributed by atoms with van der Waals surface area (Å²) in [5, 5.41) is 7.38. The van der Waals surface area contributed by atoms with E-state index < -0.39 is 0 Å². The fourth-order valence-corrected chi connectivity index (χ4v) is 1.56. The van der Waals surface area contributed by atoms with Crippen LogP contribution in [0.15, 0.2) is 0 Å². The summed E-state index contributed by atoms with van der Waals surface area (Å²) in [5.74, 6) is 0.917. The molecule has 74 valence electrons. The maximum absolute atomic E-state index is 5.71. The van der Waals surface area contributed by atoms with Gasteiger partial charge >= 0.3 is 0 Å². The highest BCUT2D eigenvalue weighted by Crippen LogP contribution is 2.24. The van der Waals surface area contributed by atoms with E-state index in [1.165, 1.54) is 11.3 Å². The van der Waals surface area contributed by atoms with E-state index in [0.717, 1.165) is 5.69 Å². The van der Waals surface area contributed by atoms with Crippen LogP contribution in [0.4, 0.5) is 0 Å². The first-order chi connectivity index (χ1) is 6.07. The average Bonchev–Trinajstić information content (AvgIpc) is 2.46. The van der Waals surface area contributed by atoms with Gasteiger partial charge in [-0.1, -0.05) is 27.7 Å². The van der Waals surface area contributed by atoms with Crippen molar-refractivity contribution in [2.45, 2.75) is 46.1 Å². The fraction of sp³-hybridized carbons (Fsp3) is 0.700. The van der Waals surface area contributed by atoms with Gasteiger partial charge in [-0.25, -0.2) is 0 Å². The van der Waals surface area contributed by atoms with Crippen molar-refractivity contribution in [3.05, 3.63) is 17.0 Å². The van der Waals surface area contributed by atoms with E-state index in [1.54, 1.807) is 0 Å². The van der Waals surface area contributed by atoms with Gasteiger partial charge in [0.1, 0.15) is 0 Å². The van der Waals surface area contributed by atoms with Crippen LogP contribution in [0.3, 0.4) is 0 Å². The standard InChI is InChI=1S/C10H19N3/c1-6(2)9-8(5-11)10(7(3)4)13-12-9/h6-7H,5,11H2,1-4H3,(H,12,13). The second-order valence-corrected chi connectivity index (χ2v) is 4.01. The predicted octanol–water partition coefficient (Wildman–Crippen LogP) is 2.12. The van der Waals surface area contributed by atoms with E-state index in [9.17, 15) is 0 Å². The molecule has 13 heavy (non-hydrogen) atoms. The molecule has 0 fully saturated rings. The lowest BCUT2D eigenvalue weighted by molar-refractivity contribution is 0.791. The third-order valence-corrected chi connectivity index (χ3v) is 2.26. The number of H-pyrrole nitrogens is 1. The highest BCUT2D eigenvalue weighted by Gasteiger charge is 2.15. The molecule has 0 aromatic carbocycles. The predicted molar refractivity (Wildman–Crippen MR) is 54.7 cm³/mol. The van der Waals surface area contributed by atoms with Crippen LogP contribution in [-0.2, 0) is 6.54 Å². The Hall–Kier alpha value is -0.830. The van der Waals surface area contributed by atoms with Crippen LogP contribution in [0.2, 0.25) is 0 Å². The number of hydrogen-bond donors (Lipinski definition) is 2. The Morgan fingerprint density at radius 2 is 1.85 bits per heavy atom. The Bertz CT molecular complexity index is 248. The second-order valence-electron chi connectivity index (χ2n) is 4.01. The molecule has 0 bridgehead atoms. The highest BCUT2D eigenvalue weighted by atomic mass is 15.1. The van der Waals surface area contributed by atoms with E-state index >= 15 is 0 Å². The van der Waals surface area contributed by atoms with Crippen LogP contribution < -0.4 is 5.73 Å². The first-order valence-electron chi connectivity index (χ1n) is 4.85. The smallest absolute Gasteiger partial charge is 0.0695 e. The molecule has 3 N–H and O–H groups in total. The van der Waals surface area contributed by atoms with Crippen LogP contribution in [0.5, 0.6) is 0 Å². The zero-order valence-corrected chi connectivity index (χ0v) is 8.89. The molecule has 1 heterocycles. The minimum Gasteiger partial charge on any atom is -0.326 e. The van der Waals surface area contributed by atoms with E-state index in [-0.39, 0.29) is 0 Å². The first kappa shape index (κ1) is 10.3. The molecule has 1 aromatic heterocycles. The second kappa shape index (κ2) is 3.92. The molecule has 0 atom stereocenters. The van der Waals surface area contributed by atoms with Crippen LogP contribution in [0, 0.1) is 0 Å². The lowest BCUT2D eigenvalue weighted by atomic mass is 9.99. The Morgan fingerprint density at radius 3 is 2.23 bits per heavy atom. The molecule has 0 aliphatic heterocycles. The summed E-state index contributed by atoms with van der Waals surface area (Å²) in [4.78, 5) is 0. The molecule has 1 rings (SSSR count). The summed E-state index contributed by atoms with van der Waals surface area (Å²) in [5.41, 5.74) is 9.21. The summed E-state index contributed by atoms with van der Waals surface area (Å²) < 4.78 is 0. The molecule has 0 saturated heterocycles. The van der Waals surface area contributed by atoms with Gasteiger partial charge in [-0.2, -0.15) is 5.10 Å². The van der Waals surface area contributed by atoms with Crippen LogP contribution in [0.1, 0.15) is 56.5 Å². The van der Waals surface area contributed by atoms with Gasteiger partial charge in [0.05, 0.1) is 5.69 Å². The van der Waals surface area contributed by atoms with Gasteiger partial charge in [0.25, 0.3) is 0 Å². The van der Waals surface area contributed by atoms with E-state index in [4.69, 9.17) is 5.73 Å². The van der Waals surface area contributed by atoms with Crippen molar-refractivity contribution >= 4 is 0 Å². The molecule has 0 amide bonds. The van der Waals surface area contributed by atoms with Gasteiger partial charge < -0.3 is 5.73 Å². The molecule has 0 unspecified atom stereocenters. The summed E-state index contributed by atoms with van der Waals surface area (Å²) >= 11 is 0. The lowest BCUT2D eigenvalue weighted by Crippen LogP contribution is -2.04. The van der Waals surface area contributed by atoms with Crippen molar-refractivity contribution < 1.29 is 0 Å². The first-order valence-corrected chi connectivity index (χ1v) is 4.85. The number of aromatic amines is 1. The quantitative estimate of drug-likeness (QED) is 0.750. The third-order valence-electron chi connectivity index (χ3n) is 2.26. The minimum atomic E-state index is 0.447. The zero-order chi connectivity index (χ0) is 10.0. The number of hydrogen-bond acceptors (Lipinski definition) is 2. The lowest BCUT2D eigenvalue weighted by Gasteiger charge is -2.07. The number of nitrogens with one attached hydrogen (secondary N) is 1. The van der Waals surface area contributed by atoms with Gasteiger partial charge in [0.15, 0.2) is 0 Å². The summed E-state index contributed by atoms with van der Waals surface area (Å²) in [6.45, 7) is 9.16. The maximum Gasteiger partial charge on any atom is 0.0695 e. The van der Waals surface area contributed by atoms with Crippen molar-refractivity contribution in [1.29, 1.82) is 0 Å². The molecule has 0 aliphatic carbocycles. The molecule has 0 saturated carbocycles. The van der Waals surface area contributed by atoms with E-state index in [0.29, 0.717) is 18.4 Å². The van der Waals surface area contributed by atoms with Crippen molar-refractivity contribution in [1.82, 2.24) is 10.2 Å². The minimum absolute atomic E-state index is 0.447. The van der Waals surface area contributed by atoms with Crippen LogP contribution in [-0.4, -0.2) is 10.2 Å². The maximum atomic E-state index is 5.71. The zero-order valence-electron chi connectivity index (χ0n) is 8.89. The Morgan fingerprint density at radius 1 is 1.23 bits per heavy atom. The Labute approximate surface area is 79.7 Å². The fourth-order valence-electron chi connectivity index (χ4n) is 1.56. The monoisotopic (exact) mass is 181 g/mol. The van der Waals surface area contributed by atoms with Gasteiger partial charge in [-0.15, -0.1) is 0 Å². The molecule has 0 aliphatic rings. The summed E-state index contributed by atoms with van der Waals surface area (Å²) in [6.07, 6.45) is 0. The molecular weight excluding hydrogens is 162 g/mol. The topological polar surface area (TPSA) is 54.7 Å². The number of rotatable bonds is 3. The van der Waals surface area contributed by atoms with Crippen molar-refractivity contribution in [3.63, 3.8) is 0 Å². The van der Waals surface area contributed by atoms with Crippen molar-refractivity contribution in [3.8, 4) is 0 Å². The van der Waals surface area contributed by atoms with Crippen molar-refractivity contribution in [2.24, 2.45) is 5.73 Å². The van der Waals surface area contributed by atoms with Crippen LogP contribution >= 0.6 is 0 Å². The Balaban J connectivity index is 3.10. The van der Waals surface area contributed by atoms with Gasteiger partial charge in [-0.05, 0) is 11.8 Å². The van der Waals surface area contributed by atoms with Crippen LogP contribution in [0.25, 0.3) is 0 Å².